The van der Waals surface area contributed by atoms with Gasteiger partial charge in [-0.25, -0.2) is 0 Å². The van der Waals surface area contributed by atoms with Gasteiger partial charge >= 0.3 is 0 Å². The summed E-state index contributed by atoms with van der Waals surface area (Å²) in [6.07, 6.45) is 8.51. The number of ketones is 1. The fourth-order valence-electron chi connectivity index (χ4n) is 4.93. The second kappa shape index (κ2) is 10.7. The highest BCUT2D eigenvalue weighted by Gasteiger charge is 2.40. The number of nitrogens with zero attached hydrogens (tertiary/aromatic N) is 1. The van der Waals surface area contributed by atoms with Crippen LogP contribution in [0.3, 0.4) is 0 Å². The third-order valence-electron chi connectivity index (χ3n) is 6.33. The van der Waals surface area contributed by atoms with Crippen molar-refractivity contribution in [3.8, 4) is 0 Å². The predicted octanol–water partition coefficient (Wildman–Crippen LogP) is 6.04. The van der Waals surface area contributed by atoms with Crippen LogP contribution in [0, 0.1) is 5.92 Å². The molecule has 0 saturated carbocycles. The average molecular weight is 415 g/mol. The van der Waals surface area contributed by atoms with E-state index in [-0.39, 0.29) is 0 Å². The number of unbranched alkanes of at least 4 members (excludes halogenated alkanes) is 1. The lowest BCUT2D eigenvalue weighted by Crippen LogP contribution is -2.50. The second-order valence-corrected chi connectivity index (χ2v) is 9.81. The van der Waals surface area contributed by atoms with Crippen molar-refractivity contribution >= 4 is 28.4 Å². The van der Waals surface area contributed by atoms with E-state index in [2.05, 4.69) is 55.1 Å². The number of likely N-dealkylation sites (tertiary alicyclic amines) is 1. The molecule has 3 nitrogen and oxygen atoms in total. The van der Waals surface area contributed by atoms with Gasteiger partial charge < -0.3 is 4.98 Å². The van der Waals surface area contributed by atoms with Crippen molar-refractivity contribution in [1.29, 1.82) is 0 Å². The Bertz CT molecular complexity index is 797. The molecule has 2 aliphatic rings. The van der Waals surface area contributed by atoms with Gasteiger partial charge in [-0.2, -0.15) is 11.8 Å². The van der Waals surface area contributed by atoms with Crippen LogP contribution in [0.15, 0.2) is 24.4 Å². The number of aromatic amines is 1. The maximum Gasteiger partial charge on any atom is 0.139 e. The SMILES string of the molecule is CCCC.CCCN1CC(CSCC(C)=O)CC2c3cccc4[nH]cc(c34)CC21. The molecule has 4 heteroatoms. The van der Waals surface area contributed by atoms with Crippen molar-refractivity contribution in [2.75, 3.05) is 24.6 Å². The standard InChI is InChI=1S/C21H28N2OS.C4H10/c1-3-7-23-11-15(13-25-12-14(2)24)8-18-17-5-4-6-19-21(17)16(10-22-19)9-20(18)23;1-3-4-2/h4-6,10,15,18,20,22H,3,7-9,11-13H2,1-2H3;3-4H2,1-2H3. The van der Waals surface area contributed by atoms with Crippen molar-refractivity contribution in [3.63, 3.8) is 0 Å². The molecule has 2 aromatic rings. The molecule has 4 rings (SSSR count). The molecule has 2 heterocycles. The van der Waals surface area contributed by atoms with Gasteiger partial charge in [0.1, 0.15) is 5.78 Å². The van der Waals surface area contributed by atoms with Crippen molar-refractivity contribution < 1.29 is 4.79 Å². The number of thioether (sulfide) groups is 1. The Morgan fingerprint density at radius 3 is 2.69 bits per heavy atom. The quantitative estimate of drug-likeness (QED) is 0.600. The Hall–Kier alpha value is -1.26. The summed E-state index contributed by atoms with van der Waals surface area (Å²) < 4.78 is 0. The fourth-order valence-corrected chi connectivity index (χ4v) is 5.91. The number of nitrogens with one attached hydrogen (secondary N) is 1. The Balaban J connectivity index is 0.000000552. The van der Waals surface area contributed by atoms with E-state index in [1.54, 1.807) is 12.5 Å². The third kappa shape index (κ3) is 5.27. The van der Waals surface area contributed by atoms with Gasteiger partial charge in [-0.05, 0) is 61.6 Å². The number of benzene rings is 1. The van der Waals surface area contributed by atoms with E-state index < -0.39 is 0 Å². The van der Waals surface area contributed by atoms with E-state index in [4.69, 9.17) is 0 Å². The fraction of sp³-hybridized carbons (Fsp3) is 0.640. The van der Waals surface area contributed by atoms with Crippen LogP contribution in [-0.2, 0) is 11.2 Å². The molecule has 1 aromatic carbocycles. The molecule has 0 bridgehead atoms. The number of rotatable bonds is 7. The molecule has 1 aliphatic heterocycles. The van der Waals surface area contributed by atoms with Gasteiger partial charge in [0.15, 0.2) is 0 Å². The van der Waals surface area contributed by atoms with E-state index in [9.17, 15) is 4.79 Å². The first kappa shape index (κ1) is 22.4. The minimum Gasteiger partial charge on any atom is -0.361 e. The van der Waals surface area contributed by atoms with Crippen molar-refractivity contribution in [2.45, 2.75) is 71.8 Å². The van der Waals surface area contributed by atoms with Crippen LogP contribution in [0.4, 0.5) is 0 Å². The number of hydrogen-bond donors (Lipinski definition) is 1. The number of H-pyrrole nitrogens is 1. The summed E-state index contributed by atoms with van der Waals surface area (Å²) in [6.45, 7) is 10.7. The smallest absolute Gasteiger partial charge is 0.139 e. The first-order valence-corrected chi connectivity index (χ1v) is 12.6. The molecule has 1 fully saturated rings. The van der Waals surface area contributed by atoms with Gasteiger partial charge in [0.05, 0.1) is 5.75 Å². The van der Waals surface area contributed by atoms with Gasteiger partial charge in [0, 0.05) is 35.6 Å². The van der Waals surface area contributed by atoms with E-state index in [0.29, 0.717) is 29.4 Å². The lowest BCUT2D eigenvalue weighted by molar-refractivity contribution is -0.114. The van der Waals surface area contributed by atoms with Gasteiger partial charge in [-0.3, -0.25) is 9.69 Å². The third-order valence-corrected chi connectivity index (χ3v) is 7.65. The molecule has 0 spiro atoms. The monoisotopic (exact) mass is 414 g/mol. The summed E-state index contributed by atoms with van der Waals surface area (Å²) in [7, 11) is 0. The summed E-state index contributed by atoms with van der Waals surface area (Å²) in [4.78, 5) is 17.5. The van der Waals surface area contributed by atoms with Crippen LogP contribution in [-0.4, -0.2) is 46.3 Å². The topological polar surface area (TPSA) is 36.1 Å². The largest absolute Gasteiger partial charge is 0.361 e. The van der Waals surface area contributed by atoms with E-state index in [1.165, 1.54) is 61.7 Å². The number of hydrogen-bond acceptors (Lipinski definition) is 3. The number of fused-ring (bicyclic) bond motifs is 2. The van der Waals surface area contributed by atoms with Gasteiger partial charge in [0.2, 0.25) is 0 Å². The summed E-state index contributed by atoms with van der Waals surface area (Å²) in [5.74, 6) is 3.39. The highest BCUT2D eigenvalue weighted by atomic mass is 32.2. The maximum absolute atomic E-state index is 11.3. The molecule has 1 saturated heterocycles. The number of piperidine rings is 1. The zero-order chi connectivity index (χ0) is 20.8. The van der Waals surface area contributed by atoms with Crippen LogP contribution in [0.2, 0.25) is 0 Å². The van der Waals surface area contributed by atoms with Crippen molar-refractivity contribution in [1.82, 2.24) is 9.88 Å². The summed E-state index contributed by atoms with van der Waals surface area (Å²) in [5, 5.41) is 1.48. The normalized spacial score (nSPS) is 23.4. The highest BCUT2D eigenvalue weighted by molar-refractivity contribution is 7.99. The molecular formula is C25H38N2OS. The van der Waals surface area contributed by atoms with Crippen molar-refractivity contribution in [2.24, 2.45) is 5.92 Å². The van der Waals surface area contributed by atoms with E-state index in [1.807, 2.05) is 11.8 Å². The van der Waals surface area contributed by atoms with Gasteiger partial charge in [-0.15, -0.1) is 0 Å². The summed E-state index contributed by atoms with van der Waals surface area (Å²) in [5.41, 5.74) is 4.34. The second-order valence-electron chi connectivity index (χ2n) is 8.78. The predicted molar refractivity (Wildman–Crippen MR) is 127 cm³/mol. The van der Waals surface area contributed by atoms with Crippen LogP contribution in [0.25, 0.3) is 10.9 Å². The lowest BCUT2D eigenvalue weighted by Gasteiger charge is -2.47. The lowest BCUT2D eigenvalue weighted by atomic mass is 9.72. The van der Waals surface area contributed by atoms with Gasteiger partial charge in [-0.1, -0.05) is 45.7 Å². The van der Waals surface area contributed by atoms with E-state index in [0.717, 1.165) is 5.75 Å². The Labute approximate surface area is 181 Å². The number of carbonyl (C=O) groups is 1. The number of aromatic nitrogens is 1. The highest BCUT2D eigenvalue weighted by Crippen LogP contribution is 2.45. The summed E-state index contributed by atoms with van der Waals surface area (Å²) in [6, 6.07) is 7.41. The number of Topliss-reactive ketones (excluding diaryl/α,β-unsaturated/α-hetero) is 1. The first-order valence-electron chi connectivity index (χ1n) is 11.5. The zero-order valence-electron chi connectivity index (χ0n) is 18.7. The molecular weight excluding hydrogens is 376 g/mol. The molecule has 0 amide bonds. The molecule has 29 heavy (non-hydrogen) atoms. The van der Waals surface area contributed by atoms with Crippen LogP contribution in [0.1, 0.15) is 70.4 Å². The van der Waals surface area contributed by atoms with E-state index >= 15 is 0 Å². The Morgan fingerprint density at radius 2 is 2.00 bits per heavy atom. The van der Waals surface area contributed by atoms with Gasteiger partial charge in [0.25, 0.3) is 0 Å². The molecule has 160 valence electrons. The zero-order valence-corrected chi connectivity index (χ0v) is 19.5. The van der Waals surface area contributed by atoms with Crippen LogP contribution >= 0.6 is 11.8 Å². The minimum absolute atomic E-state index is 0.295. The van der Waals surface area contributed by atoms with Crippen LogP contribution in [0.5, 0.6) is 0 Å². The molecule has 1 aromatic heterocycles. The summed E-state index contributed by atoms with van der Waals surface area (Å²) >= 11 is 1.82. The molecule has 0 radical (unpaired) electrons. The van der Waals surface area contributed by atoms with Crippen molar-refractivity contribution in [3.05, 3.63) is 35.5 Å². The molecule has 1 N–H and O–H groups in total. The Kier molecular flexibility index (Phi) is 8.25. The van der Waals surface area contributed by atoms with Crippen LogP contribution < -0.4 is 0 Å². The molecule has 3 atom stereocenters. The minimum atomic E-state index is 0.295. The first-order chi connectivity index (χ1) is 14.1. The molecule has 1 aliphatic carbocycles. The average Bonchev–Trinajstić information content (AvgIpc) is 3.13. The maximum atomic E-state index is 11.3. The Morgan fingerprint density at radius 1 is 1.21 bits per heavy atom. The molecule has 3 unspecified atom stereocenters. The number of carbonyl (C=O) groups excluding carboxylic acids is 1.